The lowest BCUT2D eigenvalue weighted by Gasteiger charge is -2.45. The van der Waals surface area contributed by atoms with E-state index in [0.717, 1.165) is 44.7 Å². The number of likely N-dealkylation sites (tertiary alicyclic amines) is 1. The smallest absolute Gasteiger partial charge is 0.324 e. The summed E-state index contributed by atoms with van der Waals surface area (Å²) >= 11 is 0. The summed E-state index contributed by atoms with van der Waals surface area (Å²) in [5.41, 5.74) is -0.546. The summed E-state index contributed by atoms with van der Waals surface area (Å²) in [6.45, 7) is 6.51. The molecule has 0 radical (unpaired) electrons. The van der Waals surface area contributed by atoms with E-state index in [-0.39, 0.29) is 0 Å². The first-order chi connectivity index (χ1) is 9.06. The SMILES string of the molecule is CC(C)C1CCC(C(=O)O)(N2CCCCCC2)CC1. The van der Waals surface area contributed by atoms with Crippen LogP contribution in [0.3, 0.4) is 0 Å². The number of aliphatic carboxylic acids is 1. The van der Waals surface area contributed by atoms with Crippen molar-refractivity contribution < 1.29 is 9.90 Å². The summed E-state index contributed by atoms with van der Waals surface area (Å²) in [6, 6.07) is 0. The van der Waals surface area contributed by atoms with E-state index < -0.39 is 11.5 Å². The van der Waals surface area contributed by atoms with Crippen LogP contribution in [0.4, 0.5) is 0 Å². The molecular weight excluding hydrogens is 238 g/mol. The molecule has 1 N–H and O–H groups in total. The summed E-state index contributed by atoms with van der Waals surface area (Å²) in [5.74, 6) is 0.840. The fourth-order valence-electron chi connectivity index (χ4n) is 3.95. The Balaban J connectivity index is 2.08. The van der Waals surface area contributed by atoms with Crippen molar-refractivity contribution in [1.29, 1.82) is 0 Å². The van der Waals surface area contributed by atoms with Crippen LogP contribution in [0.15, 0.2) is 0 Å². The lowest BCUT2D eigenvalue weighted by molar-refractivity contribution is -0.155. The second-order valence-corrected chi connectivity index (χ2v) is 6.82. The monoisotopic (exact) mass is 267 g/mol. The van der Waals surface area contributed by atoms with Crippen LogP contribution in [0, 0.1) is 11.8 Å². The highest BCUT2D eigenvalue weighted by atomic mass is 16.4. The van der Waals surface area contributed by atoms with Crippen molar-refractivity contribution in [3.63, 3.8) is 0 Å². The molecule has 0 amide bonds. The molecule has 1 saturated heterocycles. The number of rotatable bonds is 3. The summed E-state index contributed by atoms with van der Waals surface area (Å²) < 4.78 is 0. The van der Waals surface area contributed by atoms with Gasteiger partial charge in [0.15, 0.2) is 0 Å². The lowest BCUT2D eigenvalue weighted by atomic mass is 9.72. The molecule has 0 atom stereocenters. The van der Waals surface area contributed by atoms with Crippen molar-refractivity contribution in [3.8, 4) is 0 Å². The van der Waals surface area contributed by atoms with Crippen molar-refractivity contribution in [1.82, 2.24) is 4.90 Å². The van der Waals surface area contributed by atoms with Crippen LogP contribution >= 0.6 is 0 Å². The van der Waals surface area contributed by atoms with Gasteiger partial charge in [-0.3, -0.25) is 9.69 Å². The van der Waals surface area contributed by atoms with Crippen LogP contribution in [0.25, 0.3) is 0 Å². The van der Waals surface area contributed by atoms with Gasteiger partial charge in [0.2, 0.25) is 0 Å². The molecule has 110 valence electrons. The van der Waals surface area contributed by atoms with Crippen molar-refractivity contribution in [2.24, 2.45) is 11.8 Å². The minimum absolute atomic E-state index is 0.546. The molecule has 3 heteroatoms. The largest absolute Gasteiger partial charge is 0.480 e. The van der Waals surface area contributed by atoms with Gasteiger partial charge in [-0.15, -0.1) is 0 Å². The van der Waals surface area contributed by atoms with Crippen LogP contribution in [-0.4, -0.2) is 34.6 Å². The normalized spacial score (nSPS) is 34.2. The van der Waals surface area contributed by atoms with Crippen LogP contribution in [0.1, 0.15) is 65.2 Å². The van der Waals surface area contributed by atoms with Gasteiger partial charge in [0, 0.05) is 0 Å². The van der Waals surface area contributed by atoms with Gasteiger partial charge in [-0.25, -0.2) is 0 Å². The number of carboxylic acid groups (broad SMARTS) is 1. The van der Waals surface area contributed by atoms with E-state index in [2.05, 4.69) is 18.7 Å². The zero-order valence-corrected chi connectivity index (χ0v) is 12.5. The quantitative estimate of drug-likeness (QED) is 0.850. The van der Waals surface area contributed by atoms with E-state index in [1.165, 1.54) is 25.7 Å². The number of hydrogen-bond donors (Lipinski definition) is 1. The van der Waals surface area contributed by atoms with Gasteiger partial charge in [-0.05, 0) is 63.5 Å². The van der Waals surface area contributed by atoms with E-state index in [1.54, 1.807) is 0 Å². The number of hydrogen-bond acceptors (Lipinski definition) is 2. The third-order valence-electron chi connectivity index (χ3n) is 5.41. The fourth-order valence-corrected chi connectivity index (χ4v) is 3.95. The van der Waals surface area contributed by atoms with Crippen LogP contribution in [-0.2, 0) is 4.79 Å². The van der Waals surface area contributed by atoms with Crippen LogP contribution in [0.2, 0.25) is 0 Å². The predicted octanol–water partition coefficient (Wildman–Crippen LogP) is 3.53. The molecule has 0 aromatic carbocycles. The van der Waals surface area contributed by atoms with Gasteiger partial charge in [0.1, 0.15) is 5.54 Å². The fraction of sp³-hybridized carbons (Fsp3) is 0.938. The van der Waals surface area contributed by atoms with Gasteiger partial charge in [-0.1, -0.05) is 26.7 Å². The maximum absolute atomic E-state index is 11.9. The van der Waals surface area contributed by atoms with E-state index in [0.29, 0.717) is 5.92 Å². The van der Waals surface area contributed by atoms with Gasteiger partial charge in [-0.2, -0.15) is 0 Å². The maximum atomic E-state index is 11.9. The van der Waals surface area contributed by atoms with Gasteiger partial charge >= 0.3 is 5.97 Å². The molecule has 0 spiro atoms. The van der Waals surface area contributed by atoms with Gasteiger partial charge in [0.05, 0.1) is 0 Å². The Morgan fingerprint density at radius 1 is 1.11 bits per heavy atom. The Morgan fingerprint density at radius 3 is 2.05 bits per heavy atom. The van der Waals surface area contributed by atoms with E-state index in [1.807, 2.05) is 0 Å². The molecular formula is C16H29NO2. The molecule has 2 fully saturated rings. The van der Waals surface area contributed by atoms with Gasteiger partial charge < -0.3 is 5.11 Å². The minimum Gasteiger partial charge on any atom is -0.480 e. The molecule has 0 unspecified atom stereocenters. The zero-order valence-electron chi connectivity index (χ0n) is 12.5. The Hall–Kier alpha value is -0.570. The second kappa shape index (κ2) is 6.25. The zero-order chi connectivity index (χ0) is 13.9. The minimum atomic E-state index is -0.573. The van der Waals surface area contributed by atoms with Crippen LogP contribution < -0.4 is 0 Å². The molecule has 0 aromatic rings. The van der Waals surface area contributed by atoms with Crippen molar-refractivity contribution in [2.45, 2.75) is 70.8 Å². The Kier molecular flexibility index (Phi) is 4.88. The van der Waals surface area contributed by atoms with Crippen molar-refractivity contribution >= 4 is 5.97 Å². The molecule has 1 heterocycles. The van der Waals surface area contributed by atoms with Crippen LogP contribution in [0.5, 0.6) is 0 Å². The van der Waals surface area contributed by atoms with Crippen molar-refractivity contribution in [2.75, 3.05) is 13.1 Å². The molecule has 19 heavy (non-hydrogen) atoms. The molecule has 3 nitrogen and oxygen atoms in total. The topological polar surface area (TPSA) is 40.5 Å². The summed E-state index contributed by atoms with van der Waals surface area (Å²) in [6.07, 6.45) is 8.74. The standard InChI is InChI=1S/C16H29NO2/c1-13(2)14-7-9-16(10-8-14,15(18)19)17-11-5-3-4-6-12-17/h13-14H,3-12H2,1-2H3,(H,18,19). The highest BCUT2D eigenvalue weighted by molar-refractivity contribution is 5.79. The molecule has 2 rings (SSSR count). The molecule has 1 aliphatic heterocycles. The maximum Gasteiger partial charge on any atom is 0.324 e. The molecule has 0 aromatic heterocycles. The Bertz CT molecular complexity index is 298. The number of carbonyl (C=O) groups is 1. The van der Waals surface area contributed by atoms with E-state index in [9.17, 15) is 9.90 Å². The lowest BCUT2D eigenvalue weighted by Crippen LogP contribution is -2.57. The first-order valence-electron chi connectivity index (χ1n) is 8.05. The highest BCUT2D eigenvalue weighted by Gasteiger charge is 2.46. The average Bonchev–Trinajstić information content (AvgIpc) is 2.67. The summed E-state index contributed by atoms with van der Waals surface area (Å²) in [7, 11) is 0. The third kappa shape index (κ3) is 3.13. The first kappa shape index (κ1) is 14.8. The van der Waals surface area contributed by atoms with E-state index in [4.69, 9.17) is 0 Å². The third-order valence-corrected chi connectivity index (χ3v) is 5.41. The Morgan fingerprint density at radius 2 is 1.63 bits per heavy atom. The Labute approximate surface area is 117 Å². The molecule has 1 saturated carbocycles. The predicted molar refractivity (Wildman–Crippen MR) is 77.2 cm³/mol. The first-order valence-corrected chi connectivity index (χ1v) is 8.05. The molecule has 0 bridgehead atoms. The average molecular weight is 267 g/mol. The molecule has 2 aliphatic rings. The van der Waals surface area contributed by atoms with E-state index >= 15 is 0 Å². The second-order valence-electron chi connectivity index (χ2n) is 6.82. The van der Waals surface area contributed by atoms with Gasteiger partial charge in [0.25, 0.3) is 0 Å². The highest BCUT2D eigenvalue weighted by Crippen LogP contribution is 2.40. The van der Waals surface area contributed by atoms with Crippen molar-refractivity contribution in [3.05, 3.63) is 0 Å². The summed E-state index contributed by atoms with van der Waals surface area (Å²) in [4.78, 5) is 14.2. The number of nitrogens with zero attached hydrogens (tertiary/aromatic N) is 1. The summed E-state index contributed by atoms with van der Waals surface area (Å²) in [5, 5.41) is 9.82. The number of carboxylic acids is 1. The molecule has 1 aliphatic carbocycles.